The highest BCUT2D eigenvalue weighted by Gasteiger charge is 2.33. The summed E-state index contributed by atoms with van der Waals surface area (Å²) < 4.78 is 1.66. The molecule has 0 atom stereocenters. The number of nitrogens with zero attached hydrogens (tertiary/aromatic N) is 1. The normalized spacial score (nSPS) is 18.2. The largest absolute Gasteiger partial charge is 0.290 e. The van der Waals surface area contributed by atoms with E-state index in [4.69, 9.17) is 12.2 Å². The molecular formula is C13H12BrNOS2. The van der Waals surface area contributed by atoms with Gasteiger partial charge in [-0.2, -0.15) is 0 Å². The van der Waals surface area contributed by atoms with Crippen molar-refractivity contribution >= 4 is 56.2 Å². The number of benzene rings is 1. The highest BCUT2D eigenvalue weighted by atomic mass is 79.9. The van der Waals surface area contributed by atoms with Crippen LogP contribution < -0.4 is 0 Å². The molecule has 0 unspecified atom stereocenters. The first-order chi connectivity index (χ1) is 8.49. The molecule has 0 aliphatic carbocycles. The summed E-state index contributed by atoms with van der Waals surface area (Å²) in [6, 6.07) is 7.94. The zero-order valence-corrected chi connectivity index (χ0v) is 13.2. The zero-order valence-electron chi connectivity index (χ0n) is 10.0. The number of carbonyl (C=O) groups excluding carboxylic acids is 1. The molecule has 1 heterocycles. The van der Waals surface area contributed by atoms with Crippen LogP contribution >= 0.6 is 39.9 Å². The molecule has 0 bridgehead atoms. The van der Waals surface area contributed by atoms with Gasteiger partial charge in [0.15, 0.2) is 0 Å². The summed E-state index contributed by atoms with van der Waals surface area (Å²) in [6.45, 7) is 3.93. The van der Waals surface area contributed by atoms with E-state index in [9.17, 15) is 4.79 Å². The van der Waals surface area contributed by atoms with Crippen molar-refractivity contribution in [3.63, 3.8) is 0 Å². The SMILES string of the molecule is CC(C)N1C(=O)/C(=C\c2ccc(Br)cc2)SC1=S. The summed E-state index contributed by atoms with van der Waals surface area (Å²) in [7, 11) is 0. The maximum absolute atomic E-state index is 12.2. The van der Waals surface area contributed by atoms with Gasteiger partial charge in [-0.3, -0.25) is 9.69 Å². The van der Waals surface area contributed by atoms with Gasteiger partial charge in [0.05, 0.1) is 4.91 Å². The van der Waals surface area contributed by atoms with Crippen molar-refractivity contribution in [3.05, 3.63) is 39.2 Å². The fourth-order valence-corrected chi connectivity index (χ4v) is 3.42. The minimum Gasteiger partial charge on any atom is -0.290 e. The lowest BCUT2D eigenvalue weighted by Crippen LogP contribution is -2.34. The molecule has 0 radical (unpaired) electrons. The third-order valence-corrected chi connectivity index (χ3v) is 4.37. The maximum atomic E-state index is 12.2. The van der Waals surface area contributed by atoms with Gasteiger partial charge in [-0.1, -0.05) is 52.0 Å². The van der Waals surface area contributed by atoms with Gasteiger partial charge in [-0.15, -0.1) is 0 Å². The van der Waals surface area contributed by atoms with E-state index in [-0.39, 0.29) is 11.9 Å². The Morgan fingerprint density at radius 2 is 1.94 bits per heavy atom. The van der Waals surface area contributed by atoms with E-state index in [1.165, 1.54) is 11.8 Å². The van der Waals surface area contributed by atoms with Crippen molar-refractivity contribution in [1.29, 1.82) is 0 Å². The third kappa shape index (κ3) is 2.84. The van der Waals surface area contributed by atoms with Crippen molar-refractivity contribution in [3.8, 4) is 0 Å². The molecule has 5 heteroatoms. The fourth-order valence-electron chi connectivity index (χ4n) is 1.64. The molecule has 1 amide bonds. The minimum absolute atomic E-state index is 0.00270. The number of carbonyl (C=O) groups is 1. The molecule has 1 aliphatic heterocycles. The molecule has 1 aromatic carbocycles. The second-order valence-corrected chi connectivity index (χ2v) is 6.79. The first-order valence-electron chi connectivity index (χ1n) is 5.51. The van der Waals surface area contributed by atoms with Crippen LogP contribution in [0.1, 0.15) is 19.4 Å². The summed E-state index contributed by atoms with van der Waals surface area (Å²) in [5.41, 5.74) is 1.00. The number of hydrogen-bond donors (Lipinski definition) is 0. The lowest BCUT2D eigenvalue weighted by atomic mass is 10.2. The summed E-state index contributed by atoms with van der Waals surface area (Å²) in [5.74, 6) is 0.00270. The van der Waals surface area contributed by atoms with Gasteiger partial charge in [-0.05, 0) is 37.6 Å². The summed E-state index contributed by atoms with van der Waals surface area (Å²) in [4.78, 5) is 14.5. The van der Waals surface area contributed by atoms with Gasteiger partial charge >= 0.3 is 0 Å². The van der Waals surface area contributed by atoms with Gasteiger partial charge in [0.1, 0.15) is 4.32 Å². The molecular weight excluding hydrogens is 330 g/mol. The Morgan fingerprint density at radius 3 is 2.44 bits per heavy atom. The Bertz CT molecular complexity index is 522. The van der Waals surface area contributed by atoms with E-state index in [0.29, 0.717) is 9.23 Å². The average Bonchev–Trinajstić information content (AvgIpc) is 2.57. The summed E-state index contributed by atoms with van der Waals surface area (Å²) in [5, 5.41) is 0. The molecule has 2 nitrogen and oxygen atoms in total. The van der Waals surface area contributed by atoms with E-state index >= 15 is 0 Å². The van der Waals surface area contributed by atoms with Crippen LogP contribution in [0, 0.1) is 0 Å². The van der Waals surface area contributed by atoms with Gasteiger partial charge in [-0.25, -0.2) is 0 Å². The van der Waals surface area contributed by atoms with Gasteiger partial charge in [0.2, 0.25) is 0 Å². The quantitative estimate of drug-likeness (QED) is 0.597. The topological polar surface area (TPSA) is 20.3 Å². The second kappa shape index (κ2) is 5.55. The number of thiocarbonyl (C=S) groups is 1. The van der Waals surface area contributed by atoms with Crippen LogP contribution in [0.25, 0.3) is 6.08 Å². The molecule has 18 heavy (non-hydrogen) atoms. The van der Waals surface area contributed by atoms with Gasteiger partial charge in [0, 0.05) is 10.5 Å². The van der Waals surface area contributed by atoms with E-state index in [1.54, 1.807) is 4.90 Å². The monoisotopic (exact) mass is 341 g/mol. The molecule has 1 saturated heterocycles. The average molecular weight is 342 g/mol. The molecule has 0 saturated carbocycles. The number of amides is 1. The van der Waals surface area contributed by atoms with Crippen LogP contribution in [0.4, 0.5) is 0 Å². The number of rotatable bonds is 2. The van der Waals surface area contributed by atoms with Crippen LogP contribution in [0.15, 0.2) is 33.6 Å². The van der Waals surface area contributed by atoms with Gasteiger partial charge in [0.25, 0.3) is 5.91 Å². The Labute approximate surface area is 125 Å². The molecule has 1 aromatic rings. The molecule has 0 aromatic heterocycles. The molecule has 94 valence electrons. The van der Waals surface area contributed by atoms with E-state index in [1.807, 2.05) is 44.2 Å². The minimum atomic E-state index is 0.00270. The summed E-state index contributed by atoms with van der Waals surface area (Å²) in [6.07, 6.45) is 1.88. The predicted octanol–water partition coefficient (Wildman–Crippen LogP) is 4.06. The molecule has 0 N–H and O–H groups in total. The zero-order chi connectivity index (χ0) is 13.3. The highest BCUT2D eigenvalue weighted by molar-refractivity contribution is 9.10. The van der Waals surface area contributed by atoms with Gasteiger partial charge < -0.3 is 0 Å². The standard InChI is InChI=1S/C13H12BrNOS2/c1-8(2)15-12(16)11(18-13(15)17)7-9-3-5-10(14)6-4-9/h3-8H,1-2H3/b11-7+. The number of thioether (sulfide) groups is 1. The predicted molar refractivity (Wildman–Crippen MR) is 84.3 cm³/mol. The smallest absolute Gasteiger partial charge is 0.266 e. The van der Waals surface area contributed by atoms with E-state index in [0.717, 1.165) is 10.0 Å². The molecule has 0 spiro atoms. The van der Waals surface area contributed by atoms with E-state index < -0.39 is 0 Å². The Kier molecular flexibility index (Phi) is 4.25. The molecule has 2 rings (SSSR count). The van der Waals surface area contributed by atoms with Crippen molar-refractivity contribution in [2.45, 2.75) is 19.9 Å². The third-order valence-electron chi connectivity index (χ3n) is 2.51. The van der Waals surface area contributed by atoms with Crippen LogP contribution in [0.2, 0.25) is 0 Å². The Hall–Kier alpha value is -0.650. The van der Waals surface area contributed by atoms with Crippen LogP contribution in [-0.2, 0) is 4.79 Å². The van der Waals surface area contributed by atoms with Crippen LogP contribution in [-0.4, -0.2) is 21.2 Å². The second-order valence-electron chi connectivity index (χ2n) is 4.20. The Balaban J connectivity index is 2.28. The van der Waals surface area contributed by atoms with Crippen molar-refractivity contribution in [2.24, 2.45) is 0 Å². The number of halogens is 1. The fraction of sp³-hybridized carbons (Fsp3) is 0.231. The maximum Gasteiger partial charge on any atom is 0.266 e. The number of hydrogen-bond acceptors (Lipinski definition) is 3. The first-order valence-corrected chi connectivity index (χ1v) is 7.53. The van der Waals surface area contributed by atoms with E-state index in [2.05, 4.69) is 15.9 Å². The lowest BCUT2D eigenvalue weighted by molar-refractivity contribution is -0.123. The highest BCUT2D eigenvalue weighted by Crippen LogP contribution is 2.33. The van der Waals surface area contributed by atoms with Crippen LogP contribution in [0.5, 0.6) is 0 Å². The summed E-state index contributed by atoms with van der Waals surface area (Å²) >= 11 is 9.98. The van der Waals surface area contributed by atoms with Crippen molar-refractivity contribution in [2.75, 3.05) is 0 Å². The van der Waals surface area contributed by atoms with Crippen LogP contribution in [0.3, 0.4) is 0 Å². The Morgan fingerprint density at radius 1 is 1.33 bits per heavy atom. The van der Waals surface area contributed by atoms with Crippen molar-refractivity contribution in [1.82, 2.24) is 4.90 Å². The molecule has 1 fully saturated rings. The molecule has 1 aliphatic rings. The lowest BCUT2D eigenvalue weighted by Gasteiger charge is -2.18. The van der Waals surface area contributed by atoms with Crippen molar-refractivity contribution < 1.29 is 4.79 Å². The first kappa shape index (κ1) is 13.8.